The molecule has 4 nitrogen and oxygen atoms in total. The molecule has 0 bridgehead atoms. The normalized spacial score (nSPS) is 16.1. The molecule has 0 aliphatic carbocycles. The van der Waals surface area contributed by atoms with Crippen molar-refractivity contribution < 1.29 is 9.53 Å². The molecule has 22 heavy (non-hydrogen) atoms. The molecule has 1 unspecified atom stereocenters. The smallest absolute Gasteiger partial charge is 0.265 e. The van der Waals surface area contributed by atoms with E-state index in [9.17, 15) is 4.79 Å². The quantitative estimate of drug-likeness (QED) is 0.921. The van der Waals surface area contributed by atoms with Gasteiger partial charge in [0, 0.05) is 17.1 Å². The number of amides is 1. The van der Waals surface area contributed by atoms with Crippen molar-refractivity contribution >= 4 is 23.2 Å². The molecule has 1 aromatic carbocycles. The first-order valence-electron chi connectivity index (χ1n) is 7.15. The Morgan fingerprint density at radius 1 is 1.32 bits per heavy atom. The number of nitrogens with zero attached hydrogens (tertiary/aromatic N) is 1. The van der Waals surface area contributed by atoms with E-state index in [-0.39, 0.29) is 5.91 Å². The Balaban J connectivity index is 1.77. The zero-order valence-electron chi connectivity index (χ0n) is 12.7. The number of aromatic nitrogens is 1. The Hall–Kier alpha value is -2.07. The number of halogens is 1. The van der Waals surface area contributed by atoms with E-state index in [0.29, 0.717) is 11.4 Å². The first-order valence-corrected chi connectivity index (χ1v) is 7.52. The maximum atomic E-state index is 12.5. The summed E-state index contributed by atoms with van der Waals surface area (Å²) in [6, 6.07) is 7.36. The van der Waals surface area contributed by atoms with E-state index < -0.39 is 6.10 Å². The predicted molar refractivity (Wildman–Crippen MR) is 86.6 cm³/mol. The van der Waals surface area contributed by atoms with Gasteiger partial charge >= 0.3 is 0 Å². The zero-order chi connectivity index (χ0) is 15.9. The summed E-state index contributed by atoms with van der Waals surface area (Å²) in [4.78, 5) is 16.9. The predicted octanol–water partition coefficient (Wildman–Crippen LogP) is 3.60. The summed E-state index contributed by atoms with van der Waals surface area (Å²) in [7, 11) is 0. The van der Waals surface area contributed by atoms with Crippen molar-refractivity contribution in [1.82, 2.24) is 4.98 Å². The Bertz CT molecular complexity index is 735. The highest BCUT2D eigenvalue weighted by atomic mass is 35.5. The number of anilines is 1. The minimum absolute atomic E-state index is 0.163. The minimum atomic E-state index is -0.534. The molecule has 0 saturated carbocycles. The van der Waals surface area contributed by atoms with E-state index in [2.05, 4.69) is 10.3 Å². The lowest BCUT2D eigenvalue weighted by Gasteiger charge is -2.15. The van der Waals surface area contributed by atoms with Gasteiger partial charge in [0.05, 0.1) is 11.4 Å². The summed E-state index contributed by atoms with van der Waals surface area (Å²) >= 11 is 5.97. The van der Waals surface area contributed by atoms with Crippen LogP contribution < -0.4 is 10.1 Å². The molecule has 1 aromatic heterocycles. The number of benzene rings is 1. The van der Waals surface area contributed by atoms with E-state index in [1.807, 2.05) is 32.9 Å². The van der Waals surface area contributed by atoms with Crippen LogP contribution in [0.2, 0.25) is 5.02 Å². The third kappa shape index (κ3) is 2.79. The van der Waals surface area contributed by atoms with Gasteiger partial charge in [-0.25, -0.2) is 0 Å². The number of hydrogen-bond donors (Lipinski definition) is 1. The van der Waals surface area contributed by atoms with Crippen molar-refractivity contribution in [2.45, 2.75) is 33.3 Å². The van der Waals surface area contributed by atoms with Gasteiger partial charge in [0.2, 0.25) is 0 Å². The molecular formula is C17H17ClN2O2. The number of ether oxygens (including phenoxy) is 1. The molecule has 2 aromatic rings. The van der Waals surface area contributed by atoms with Crippen LogP contribution in [0.1, 0.15) is 22.5 Å². The van der Waals surface area contributed by atoms with Crippen LogP contribution in [0.5, 0.6) is 5.75 Å². The largest absolute Gasteiger partial charge is 0.480 e. The van der Waals surface area contributed by atoms with Crippen LogP contribution in [-0.4, -0.2) is 17.0 Å². The van der Waals surface area contributed by atoms with Gasteiger partial charge in [0.1, 0.15) is 5.75 Å². The van der Waals surface area contributed by atoms with Crippen LogP contribution >= 0.6 is 11.6 Å². The van der Waals surface area contributed by atoms with Crippen molar-refractivity contribution in [2.75, 3.05) is 5.32 Å². The third-order valence-electron chi connectivity index (χ3n) is 3.76. The molecule has 1 N–H and O–H groups in total. The summed E-state index contributed by atoms with van der Waals surface area (Å²) in [5, 5.41) is 3.59. The van der Waals surface area contributed by atoms with Gasteiger partial charge < -0.3 is 10.1 Å². The molecule has 0 fully saturated rings. The highest BCUT2D eigenvalue weighted by Gasteiger charge is 2.29. The number of aryl methyl sites for hydroxylation is 3. The standard InChI is InChI=1S/C17H17ClN2O2/c1-9-6-10(2)19-11(3)16(9)20-17(21)15-8-12-7-13(18)4-5-14(12)22-15/h4-7,15H,8H2,1-3H3,(H,20,21). The van der Waals surface area contributed by atoms with E-state index in [0.717, 1.165) is 34.0 Å². The average molecular weight is 317 g/mol. The van der Waals surface area contributed by atoms with Crippen LogP contribution in [0.25, 0.3) is 0 Å². The fraction of sp³-hybridized carbons (Fsp3) is 0.294. The molecular weight excluding hydrogens is 300 g/mol. The maximum absolute atomic E-state index is 12.5. The molecule has 1 atom stereocenters. The van der Waals surface area contributed by atoms with Gasteiger partial charge in [0.15, 0.2) is 6.10 Å². The number of hydrogen-bond acceptors (Lipinski definition) is 3. The lowest BCUT2D eigenvalue weighted by atomic mass is 10.1. The van der Waals surface area contributed by atoms with E-state index in [1.165, 1.54) is 0 Å². The first kappa shape index (κ1) is 14.9. The molecule has 114 valence electrons. The van der Waals surface area contributed by atoms with E-state index >= 15 is 0 Å². The molecule has 2 heterocycles. The number of carbonyl (C=O) groups excluding carboxylic acids is 1. The second-order valence-corrected chi connectivity index (χ2v) is 6.03. The van der Waals surface area contributed by atoms with Gasteiger partial charge in [-0.05, 0) is 56.2 Å². The highest BCUT2D eigenvalue weighted by Crippen LogP contribution is 2.31. The van der Waals surface area contributed by atoms with Crippen LogP contribution in [-0.2, 0) is 11.2 Å². The molecule has 1 aliphatic rings. The van der Waals surface area contributed by atoms with E-state index in [4.69, 9.17) is 16.3 Å². The maximum Gasteiger partial charge on any atom is 0.265 e. The zero-order valence-corrected chi connectivity index (χ0v) is 13.5. The molecule has 5 heteroatoms. The van der Waals surface area contributed by atoms with Crippen LogP contribution in [0.3, 0.4) is 0 Å². The molecule has 0 spiro atoms. The van der Waals surface area contributed by atoms with Gasteiger partial charge in [-0.15, -0.1) is 0 Å². The van der Waals surface area contributed by atoms with Crippen LogP contribution in [0, 0.1) is 20.8 Å². The van der Waals surface area contributed by atoms with Gasteiger partial charge in [-0.2, -0.15) is 0 Å². The Labute approximate surface area is 134 Å². The summed E-state index contributed by atoms with van der Waals surface area (Å²) in [6.07, 6.45) is -0.00684. The van der Waals surface area contributed by atoms with Crippen molar-refractivity contribution in [3.63, 3.8) is 0 Å². The van der Waals surface area contributed by atoms with Crippen LogP contribution in [0.15, 0.2) is 24.3 Å². The summed E-state index contributed by atoms with van der Waals surface area (Å²) in [6.45, 7) is 5.78. The van der Waals surface area contributed by atoms with Gasteiger partial charge in [0.25, 0.3) is 5.91 Å². The molecule has 3 rings (SSSR count). The Morgan fingerprint density at radius 3 is 2.82 bits per heavy atom. The van der Waals surface area contributed by atoms with Gasteiger partial charge in [-0.1, -0.05) is 11.6 Å². The van der Waals surface area contributed by atoms with Crippen molar-refractivity contribution in [2.24, 2.45) is 0 Å². The number of rotatable bonds is 2. The Kier molecular flexibility index (Phi) is 3.79. The lowest BCUT2D eigenvalue weighted by molar-refractivity contribution is -0.122. The SMILES string of the molecule is Cc1cc(C)c(NC(=O)C2Cc3cc(Cl)ccc3O2)c(C)n1. The summed E-state index contributed by atoms with van der Waals surface area (Å²) < 4.78 is 5.71. The van der Waals surface area contributed by atoms with Crippen molar-refractivity contribution in [3.8, 4) is 5.75 Å². The second-order valence-electron chi connectivity index (χ2n) is 5.59. The molecule has 0 saturated heterocycles. The monoisotopic (exact) mass is 316 g/mol. The topological polar surface area (TPSA) is 51.2 Å². The molecule has 1 aliphatic heterocycles. The van der Waals surface area contributed by atoms with Crippen molar-refractivity contribution in [1.29, 1.82) is 0 Å². The molecule has 0 radical (unpaired) electrons. The average Bonchev–Trinajstić information content (AvgIpc) is 2.85. The number of fused-ring (bicyclic) bond motifs is 1. The van der Waals surface area contributed by atoms with E-state index in [1.54, 1.807) is 12.1 Å². The molecule has 1 amide bonds. The van der Waals surface area contributed by atoms with Crippen LogP contribution in [0.4, 0.5) is 5.69 Å². The number of carbonyl (C=O) groups is 1. The minimum Gasteiger partial charge on any atom is -0.480 e. The van der Waals surface area contributed by atoms with Gasteiger partial charge in [-0.3, -0.25) is 9.78 Å². The fourth-order valence-corrected chi connectivity index (χ4v) is 2.97. The lowest BCUT2D eigenvalue weighted by Crippen LogP contribution is -2.32. The summed E-state index contributed by atoms with van der Waals surface area (Å²) in [5.41, 5.74) is 4.46. The summed E-state index contributed by atoms with van der Waals surface area (Å²) in [5.74, 6) is 0.559. The number of pyridine rings is 1. The number of nitrogens with one attached hydrogen (secondary N) is 1. The fourth-order valence-electron chi connectivity index (χ4n) is 2.78. The highest BCUT2D eigenvalue weighted by molar-refractivity contribution is 6.30. The Morgan fingerprint density at radius 2 is 2.09 bits per heavy atom. The first-order chi connectivity index (χ1) is 10.4. The second kappa shape index (κ2) is 5.61. The van der Waals surface area contributed by atoms with Crippen molar-refractivity contribution in [3.05, 3.63) is 51.8 Å². The third-order valence-corrected chi connectivity index (χ3v) is 4.00.